The lowest BCUT2D eigenvalue weighted by Crippen LogP contribution is -2.57. The molecule has 1 amide bonds. The van der Waals surface area contributed by atoms with E-state index in [0.717, 1.165) is 36.2 Å². The molecule has 29 heavy (non-hydrogen) atoms. The molecule has 1 saturated heterocycles. The van der Waals surface area contributed by atoms with E-state index in [2.05, 4.69) is 41.4 Å². The van der Waals surface area contributed by atoms with Gasteiger partial charge in [0.1, 0.15) is 5.60 Å². The Kier molecular flexibility index (Phi) is 7.80. The van der Waals surface area contributed by atoms with Crippen LogP contribution in [-0.2, 0) is 16.6 Å². The van der Waals surface area contributed by atoms with Crippen LogP contribution in [0.25, 0.3) is 0 Å². The molecule has 2 aliphatic heterocycles. The number of hydrogen-bond donors (Lipinski definition) is 1. The Balaban J connectivity index is 0.00000300. The van der Waals surface area contributed by atoms with Gasteiger partial charge in [0, 0.05) is 43.4 Å². The summed E-state index contributed by atoms with van der Waals surface area (Å²) in [5.74, 6) is 0.946. The number of ether oxygens (including phenoxy) is 1. The third-order valence-corrected chi connectivity index (χ3v) is 5.71. The fraction of sp³-hybridized carbons (Fsp3) is 0.750. The summed E-state index contributed by atoms with van der Waals surface area (Å²) in [5.41, 5.74) is 0.790. The summed E-state index contributed by atoms with van der Waals surface area (Å²) in [6.45, 7) is 15.9. The van der Waals surface area contributed by atoms with Gasteiger partial charge in [0.25, 0.3) is 0 Å². The van der Waals surface area contributed by atoms with Crippen LogP contribution in [-0.4, -0.2) is 71.2 Å². The predicted octanol–water partition coefficient (Wildman–Crippen LogP) is 3.48. The van der Waals surface area contributed by atoms with Crippen LogP contribution in [0.2, 0.25) is 0 Å². The molecule has 1 aromatic rings. The molecule has 2 aliphatic rings. The number of amides is 1. The summed E-state index contributed by atoms with van der Waals surface area (Å²) >= 11 is 1.73. The van der Waals surface area contributed by atoms with E-state index < -0.39 is 5.60 Å². The predicted molar refractivity (Wildman–Crippen MR) is 129 cm³/mol. The van der Waals surface area contributed by atoms with Gasteiger partial charge in [-0.1, -0.05) is 20.8 Å². The third-order valence-electron chi connectivity index (χ3n) is 4.80. The van der Waals surface area contributed by atoms with Crippen LogP contribution in [0.3, 0.4) is 0 Å². The van der Waals surface area contributed by atoms with Gasteiger partial charge in [-0.25, -0.2) is 9.78 Å². The Hall–Kier alpha value is -1.10. The van der Waals surface area contributed by atoms with E-state index in [1.54, 1.807) is 16.2 Å². The lowest BCUT2D eigenvalue weighted by molar-refractivity contribution is 0.0137. The van der Waals surface area contributed by atoms with Crippen molar-refractivity contribution < 1.29 is 9.53 Å². The lowest BCUT2D eigenvalue weighted by atomic mass is 9.93. The molecule has 0 aromatic carbocycles. The molecule has 7 nitrogen and oxygen atoms in total. The number of halogens is 1. The van der Waals surface area contributed by atoms with Crippen molar-refractivity contribution in [2.45, 2.75) is 65.0 Å². The highest BCUT2D eigenvalue weighted by Crippen LogP contribution is 2.24. The number of carbonyl (C=O) groups excluding carboxylic acids is 1. The maximum atomic E-state index is 12.3. The van der Waals surface area contributed by atoms with E-state index in [1.165, 1.54) is 0 Å². The van der Waals surface area contributed by atoms with Crippen LogP contribution in [0.1, 0.15) is 52.2 Å². The van der Waals surface area contributed by atoms with Gasteiger partial charge in [-0.05, 0) is 20.8 Å². The van der Waals surface area contributed by atoms with Crippen LogP contribution in [0.5, 0.6) is 0 Å². The summed E-state index contributed by atoms with van der Waals surface area (Å²) in [5, 5.41) is 6.78. The molecule has 1 atom stereocenters. The molecule has 1 N–H and O–H groups in total. The molecule has 164 valence electrons. The summed E-state index contributed by atoms with van der Waals surface area (Å²) in [4.78, 5) is 25.8. The van der Waals surface area contributed by atoms with Gasteiger partial charge in [-0.2, -0.15) is 0 Å². The van der Waals surface area contributed by atoms with Crippen LogP contribution in [0.15, 0.2) is 10.4 Å². The minimum Gasteiger partial charge on any atom is -0.444 e. The van der Waals surface area contributed by atoms with E-state index >= 15 is 0 Å². The number of carbonyl (C=O) groups is 1. The van der Waals surface area contributed by atoms with E-state index in [9.17, 15) is 4.79 Å². The summed E-state index contributed by atoms with van der Waals surface area (Å²) in [6.07, 6.45) is 0.662. The first-order chi connectivity index (χ1) is 13.0. The van der Waals surface area contributed by atoms with Crippen molar-refractivity contribution in [2.75, 3.05) is 32.7 Å². The van der Waals surface area contributed by atoms with Gasteiger partial charge in [-0.3, -0.25) is 4.99 Å². The second-order valence-electron chi connectivity index (χ2n) is 9.49. The van der Waals surface area contributed by atoms with Crippen LogP contribution in [0.4, 0.5) is 4.79 Å². The Morgan fingerprint density at radius 3 is 2.62 bits per heavy atom. The quantitative estimate of drug-likeness (QED) is 0.601. The Morgan fingerprint density at radius 1 is 1.28 bits per heavy atom. The van der Waals surface area contributed by atoms with Crippen molar-refractivity contribution in [1.29, 1.82) is 0 Å². The summed E-state index contributed by atoms with van der Waals surface area (Å²) < 4.78 is 5.50. The summed E-state index contributed by atoms with van der Waals surface area (Å²) in [7, 11) is 0. The highest BCUT2D eigenvalue weighted by molar-refractivity contribution is 14.0. The van der Waals surface area contributed by atoms with Gasteiger partial charge < -0.3 is 19.9 Å². The highest BCUT2D eigenvalue weighted by Gasteiger charge is 2.36. The van der Waals surface area contributed by atoms with Crippen LogP contribution < -0.4 is 5.32 Å². The van der Waals surface area contributed by atoms with E-state index in [4.69, 9.17) is 9.72 Å². The van der Waals surface area contributed by atoms with Crippen molar-refractivity contribution in [3.8, 4) is 0 Å². The molecule has 9 heteroatoms. The third kappa shape index (κ3) is 6.44. The van der Waals surface area contributed by atoms with Gasteiger partial charge in [0.2, 0.25) is 0 Å². The number of nitrogens with zero attached hydrogens (tertiary/aromatic N) is 4. The fourth-order valence-electron chi connectivity index (χ4n) is 3.27. The molecular weight excluding hydrogens is 501 g/mol. The standard InChI is InChI=1S/C20H33N5O2S.HI/c1-19(2,3)15-13-28-16(23-15)7-8-21-17-22-11-14-12-24(9-10-25(14)17)18(26)27-20(4,5)6;/h13-14H,7-12H2,1-6H3,(H,21,22);1H. The van der Waals surface area contributed by atoms with Gasteiger partial charge in [0.05, 0.1) is 23.3 Å². The molecule has 1 unspecified atom stereocenters. The molecule has 0 radical (unpaired) electrons. The second-order valence-corrected chi connectivity index (χ2v) is 10.4. The smallest absolute Gasteiger partial charge is 0.410 e. The van der Waals surface area contributed by atoms with Crippen molar-refractivity contribution in [3.63, 3.8) is 0 Å². The van der Waals surface area contributed by atoms with E-state index in [0.29, 0.717) is 19.6 Å². The average molecular weight is 535 g/mol. The number of piperazine rings is 1. The molecule has 1 aromatic heterocycles. The maximum Gasteiger partial charge on any atom is 0.410 e. The zero-order valence-corrected chi connectivity index (χ0v) is 21.5. The first kappa shape index (κ1) is 24.2. The monoisotopic (exact) mass is 535 g/mol. The number of nitrogens with one attached hydrogen (secondary N) is 1. The Bertz CT molecular complexity index is 738. The average Bonchev–Trinajstić information content (AvgIpc) is 3.20. The largest absolute Gasteiger partial charge is 0.444 e. The number of guanidine groups is 1. The second kappa shape index (κ2) is 9.36. The van der Waals surface area contributed by atoms with Crippen LogP contribution in [0, 0.1) is 0 Å². The lowest BCUT2D eigenvalue weighted by Gasteiger charge is -2.39. The highest BCUT2D eigenvalue weighted by atomic mass is 127. The van der Waals surface area contributed by atoms with Gasteiger partial charge in [0.15, 0.2) is 5.96 Å². The van der Waals surface area contributed by atoms with Crippen molar-refractivity contribution in [3.05, 3.63) is 16.1 Å². The van der Waals surface area contributed by atoms with Crippen LogP contribution >= 0.6 is 35.3 Å². The molecule has 3 rings (SSSR count). The van der Waals surface area contributed by atoms with E-state index in [-0.39, 0.29) is 41.5 Å². The first-order valence-electron chi connectivity index (χ1n) is 10.0. The normalized spacial score (nSPS) is 19.4. The van der Waals surface area contributed by atoms with Gasteiger partial charge >= 0.3 is 6.09 Å². The SMILES string of the molecule is CC(C)(C)OC(=O)N1CCN2C(NCCc3nc(C(C)(C)C)cs3)=NCC2C1.I. The first-order valence-corrected chi connectivity index (χ1v) is 10.9. The molecule has 0 aliphatic carbocycles. The number of aliphatic imine (C=N–C) groups is 1. The zero-order chi connectivity index (χ0) is 20.5. The number of thiazole rings is 1. The molecule has 0 spiro atoms. The van der Waals surface area contributed by atoms with Crippen molar-refractivity contribution in [2.24, 2.45) is 4.99 Å². The molecule has 1 fully saturated rings. The Morgan fingerprint density at radius 2 is 2.00 bits per heavy atom. The molecule has 3 heterocycles. The number of fused-ring (bicyclic) bond motifs is 1. The number of hydrogen-bond acceptors (Lipinski definition) is 7. The zero-order valence-electron chi connectivity index (χ0n) is 18.3. The number of rotatable bonds is 3. The maximum absolute atomic E-state index is 12.3. The Labute approximate surface area is 195 Å². The molecule has 0 saturated carbocycles. The minimum atomic E-state index is -0.463. The van der Waals surface area contributed by atoms with Gasteiger partial charge in [-0.15, -0.1) is 35.3 Å². The molecular formula is C20H34IN5O2S. The fourth-order valence-corrected chi connectivity index (χ4v) is 4.30. The summed E-state index contributed by atoms with van der Waals surface area (Å²) in [6, 6.07) is 0.233. The van der Waals surface area contributed by atoms with Crippen molar-refractivity contribution in [1.82, 2.24) is 20.1 Å². The van der Waals surface area contributed by atoms with E-state index in [1.807, 2.05) is 20.8 Å². The topological polar surface area (TPSA) is 70.1 Å². The van der Waals surface area contributed by atoms with Crippen molar-refractivity contribution >= 4 is 47.4 Å². The number of aromatic nitrogens is 1. The molecule has 0 bridgehead atoms. The minimum absolute atomic E-state index is 0.